The van der Waals surface area contributed by atoms with Gasteiger partial charge in [-0.1, -0.05) is 12.1 Å². The van der Waals surface area contributed by atoms with Crippen molar-refractivity contribution >= 4 is 36.7 Å². The first-order valence-corrected chi connectivity index (χ1v) is 12.0. The van der Waals surface area contributed by atoms with Crippen LogP contribution in [0.25, 0.3) is 11.0 Å². The van der Waals surface area contributed by atoms with E-state index < -0.39 is 43.1 Å². The summed E-state index contributed by atoms with van der Waals surface area (Å²) in [4.78, 5) is 12.7. The van der Waals surface area contributed by atoms with Crippen LogP contribution >= 0.6 is 0 Å². The number of rotatable bonds is 5. The first-order valence-electron chi connectivity index (χ1n) is 8.66. The van der Waals surface area contributed by atoms with E-state index >= 15 is 0 Å². The number of hydrogen-bond acceptors (Lipinski definition) is 6. The molecule has 2 aromatic rings. The van der Waals surface area contributed by atoms with Crippen molar-refractivity contribution < 1.29 is 26.0 Å². The Labute approximate surface area is 157 Å². The van der Waals surface area contributed by atoms with Gasteiger partial charge in [-0.2, -0.15) is 0 Å². The van der Waals surface area contributed by atoms with Gasteiger partial charge in [-0.15, -0.1) is 0 Å². The fourth-order valence-corrected chi connectivity index (χ4v) is 6.99. The molecule has 1 amide bonds. The summed E-state index contributed by atoms with van der Waals surface area (Å²) in [5.74, 6) is -0.464. The summed E-state index contributed by atoms with van der Waals surface area (Å²) in [6.07, 6.45) is 1.15. The molecule has 0 bridgehead atoms. The van der Waals surface area contributed by atoms with Gasteiger partial charge in [-0.25, -0.2) is 21.6 Å². The fourth-order valence-electron chi connectivity index (χ4n) is 3.41. The van der Waals surface area contributed by atoms with Crippen LogP contribution in [0.2, 0.25) is 0 Å². The molecule has 1 aromatic heterocycles. The molecule has 1 aromatic carbocycles. The minimum absolute atomic E-state index is 0.286. The molecule has 2 aliphatic rings. The van der Waals surface area contributed by atoms with Gasteiger partial charge < -0.3 is 9.73 Å². The first-order chi connectivity index (χ1) is 12.6. The molecule has 4 rings (SSSR count). The second-order valence-corrected chi connectivity index (χ2v) is 11.4. The highest BCUT2D eigenvalue weighted by Crippen LogP contribution is 2.29. The molecule has 146 valence electrons. The normalized spacial score (nSPS) is 24.9. The zero-order chi connectivity index (χ0) is 19.4. The number of furan rings is 1. The van der Waals surface area contributed by atoms with Crippen molar-refractivity contribution in [3.8, 4) is 0 Å². The van der Waals surface area contributed by atoms with Crippen LogP contribution in [0.3, 0.4) is 0 Å². The number of hydrogen-bond donors (Lipinski definition) is 2. The molecule has 2 heterocycles. The summed E-state index contributed by atoms with van der Waals surface area (Å²) < 4.78 is 56.6. The second kappa shape index (κ2) is 6.32. The Morgan fingerprint density at radius 2 is 1.89 bits per heavy atom. The molecule has 27 heavy (non-hydrogen) atoms. The number of sulfone groups is 1. The monoisotopic (exact) mass is 412 g/mol. The average Bonchev–Trinajstić information content (AvgIpc) is 3.29. The molecule has 1 saturated carbocycles. The van der Waals surface area contributed by atoms with Gasteiger partial charge in [0, 0.05) is 5.39 Å². The lowest BCUT2D eigenvalue weighted by atomic mass is 10.1. The van der Waals surface area contributed by atoms with Crippen LogP contribution in [0.4, 0.5) is 0 Å². The van der Waals surface area contributed by atoms with Crippen molar-refractivity contribution in [1.82, 2.24) is 10.0 Å². The van der Waals surface area contributed by atoms with E-state index in [-0.39, 0.29) is 17.1 Å². The summed E-state index contributed by atoms with van der Waals surface area (Å²) in [6.45, 7) is 1.77. The minimum Gasteiger partial charge on any atom is -0.461 e. The molecule has 0 radical (unpaired) electrons. The predicted molar refractivity (Wildman–Crippen MR) is 99.7 cm³/mol. The Bertz CT molecular complexity index is 1120. The fraction of sp³-hybridized carbons (Fsp3) is 0.471. The minimum atomic E-state index is -3.57. The molecule has 1 saturated heterocycles. The van der Waals surface area contributed by atoms with E-state index in [0.717, 1.165) is 5.39 Å². The Kier molecular flexibility index (Phi) is 4.32. The maximum atomic E-state index is 12.7. The largest absolute Gasteiger partial charge is 0.461 e. The zero-order valence-corrected chi connectivity index (χ0v) is 16.3. The van der Waals surface area contributed by atoms with Crippen molar-refractivity contribution in [2.75, 3.05) is 11.5 Å². The molecular formula is C17H20N2O6S2. The molecule has 1 aliphatic carbocycles. The van der Waals surface area contributed by atoms with Crippen molar-refractivity contribution in [1.29, 1.82) is 0 Å². The van der Waals surface area contributed by atoms with E-state index in [1.54, 1.807) is 25.1 Å². The summed E-state index contributed by atoms with van der Waals surface area (Å²) in [6, 6.07) is 5.22. The van der Waals surface area contributed by atoms with Crippen LogP contribution in [0, 0.1) is 6.92 Å². The molecular weight excluding hydrogens is 392 g/mol. The van der Waals surface area contributed by atoms with Gasteiger partial charge in [0.05, 0.1) is 34.4 Å². The number of para-hydroxylation sites is 1. The summed E-state index contributed by atoms with van der Waals surface area (Å²) >= 11 is 0. The number of carbonyl (C=O) groups is 1. The molecule has 8 nitrogen and oxygen atoms in total. The van der Waals surface area contributed by atoms with Gasteiger partial charge in [0.1, 0.15) is 11.3 Å². The van der Waals surface area contributed by atoms with Crippen molar-refractivity contribution in [2.24, 2.45) is 0 Å². The maximum Gasteiger partial charge on any atom is 0.255 e. The molecule has 0 spiro atoms. The second-order valence-electron chi connectivity index (χ2n) is 7.21. The Hall–Kier alpha value is -1.91. The van der Waals surface area contributed by atoms with Crippen LogP contribution in [-0.2, 0) is 19.9 Å². The third-order valence-corrected chi connectivity index (χ3v) is 8.57. The lowest BCUT2D eigenvalue weighted by molar-refractivity contribution is 0.0937. The van der Waals surface area contributed by atoms with Crippen molar-refractivity contribution in [2.45, 2.75) is 37.1 Å². The van der Waals surface area contributed by atoms with Crippen LogP contribution in [0.1, 0.15) is 29.0 Å². The number of amides is 1. The maximum absolute atomic E-state index is 12.7. The van der Waals surface area contributed by atoms with Gasteiger partial charge in [0.25, 0.3) is 5.91 Å². The van der Waals surface area contributed by atoms with Crippen molar-refractivity contribution in [3.63, 3.8) is 0 Å². The highest BCUT2D eigenvalue weighted by atomic mass is 32.2. The van der Waals surface area contributed by atoms with Gasteiger partial charge in [-0.3, -0.25) is 4.79 Å². The molecule has 2 atom stereocenters. The molecule has 2 N–H and O–H groups in total. The number of sulfonamides is 1. The van der Waals surface area contributed by atoms with Crippen LogP contribution in [0.5, 0.6) is 0 Å². The third-order valence-electron chi connectivity index (χ3n) is 4.86. The SMILES string of the molecule is Cc1cc2cccc(C(=O)NC3CS(=O)(=O)CC3NS(=O)(=O)C3CC3)c2o1. The summed E-state index contributed by atoms with van der Waals surface area (Å²) in [7, 11) is -7.02. The molecule has 1 aliphatic heterocycles. The molecule has 10 heteroatoms. The van der Waals surface area contributed by atoms with Gasteiger partial charge in [-0.05, 0) is 31.9 Å². The summed E-state index contributed by atoms with van der Waals surface area (Å²) in [5.41, 5.74) is 0.706. The van der Waals surface area contributed by atoms with Crippen LogP contribution in [-0.4, -0.2) is 51.6 Å². The topological polar surface area (TPSA) is 123 Å². The first kappa shape index (κ1) is 18.5. The quantitative estimate of drug-likeness (QED) is 0.746. The average molecular weight is 412 g/mol. The Morgan fingerprint density at radius 1 is 1.19 bits per heavy atom. The lowest BCUT2D eigenvalue weighted by Gasteiger charge is -2.20. The smallest absolute Gasteiger partial charge is 0.255 e. The standard InChI is InChI=1S/C17H20N2O6S2/c1-10-7-11-3-2-4-13(16(11)25-10)17(20)18-14-8-26(21,22)9-15(14)19-27(23,24)12-5-6-12/h2-4,7,12,14-15,19H,5-6,8-9H2,1H3,(H,18,20). The van der Waals surface area contributed by atoms with Gasteiger partial charge in [0.15, 0.2) is 9.84 Å². The number of aryl methyl sites for hydroxylation is 1. The van der Waals surface area contributed by atoms with Gasteiger partial charge >= 0.3 is 0 Å². The number of benzene rings is 1. The van der Waals surface area contributed by atoms with Gasteiger partial charge in [0.2, 0.25) is 10.0 Å². The Morgan fingerprint density at radius 3 is 2.59 bits per heavy atom. The third kappa shape index (κ3) is 3.74. The van der Waals surface area contributed by atoms with Crippen LogP contribution in [0.15, 0.2) is 28.7 Å². The van der Waals surface area contributed by atoms with E-state index in [1.165, 1.54) is 0 Å². The van der Waals surface area contributed by atoms with E-state index in [0.29, 0.717) is 24.2 Å². The predicted octanol–water partition coefficient (Wildman–Crippen LogP) is 0.718. The Balaban J connectivity index is 1.58. The lowest BCUT2D eigenvalue weighted by Crippen LogP contribution is -2.51. The van der Waals surface area contributed by atoms with Crippen LogP contribution < -0.4 is 10.0 Å². The van der Waals surface area contributed by atoms with E-state index in [2.05, 4.69) is 10.0 Å². The highest BCUT2D eigenvalue weighted by Gasteiger charge is 2.44. The number of fused-ring (bicyclic) bond motifs is 1. The number of carbonyl (C=O) groups excluding carboxylic acids is 1. The highest BCUT2D eigenvalue weighted by molar-refractivity contribution is 7.92. The molecule has 2 unspecified atom stereocenters. The summed E-state index contributed by atoms with van der Waals surface area (Å²) in [5, 5.41) is 2.99. The number of nitrogens with one attached hydrogen (secondary N) is 2. The zero-order valence-electron chi connectivity index (χ0n) is 14.6. The van der Waals surface area contributed by atoms with E-state index in [4.69, 9.17) is 4.42 Å². The van der Waals surface area contributed by atoms with Crippen molar-refractivity contribution in [3.05, 3.63) is 35.6 Å². The van der Waals surface area contributed by atoms with E-state index in [9.17, 15) is 21.6 Å². The van der Waals surface area contributed by atoms with E-state index in [1.807, 2.05) is 6.07 Å². The molecule has 2 fully saturated rings.